The average molecular weight is 272 g/mol. The summed E-state index contributed by atoms with van der Waals surface area (Å²) >= 11 is 7.14. The molecule has 1 aromatic carbocycles. The van der Waals surface area contributed by atoms with Crippen LogP contribution in [0.2, 0.25) is 5.02 Å². The Morgan fingerprint density at radius 3 is 2.94 bits per heavy atom. The third-order valence-electron chi connectivity index (χ3n) is 2.06. The van der Waals surface area contributed by atoms with Crippen LogP contribution in [0.15, 0.2) is 23.6 Å². The summed E-state index contributed by atoms with van der Waals surface area (Å²) in [6.45, 7) is 0. The number of esters is 1. The van der Waals surface area contributed by atoms with Crippen LogP contribution in [0.5, 0.6) is 0 Å². The number of aromatic nitrogens is 1. The topological polar surface area (TPSA) is 39.2 Å². The van der Waals surface area contributed by atoms with E-state index in [1.807, 2.05) is 0 Å². The van der Waals surface area contributed by atoms with Crippen molar-refractivity contribution in [3.63, 3.8) is 0 Å². The highest BCUT2D eigenvalue weighted by atomic mass is 35.5. The minimum absolute atomic E-state index is 0.216. The van der Waals surface area contributed by atoms with E-state index in [1.165, 1.54) is 36.6 Å². The Morgan fingerprint density at radius 1 is 1.53 bits per heavy atom. The molecule has 0 aliphatic heterocycles. The van der Waals surface area contributed by atoms with Crippen molar-refractivity contribution >= 4 is 28.9 Å². The van der Waals surface area contributed by atoms with Crippen LogP contribution in [-0.4, -0.2) is 18.1 Å². The first kappa shape index (κ1) is 12.0. The van der Waals surface area contributed by atoms with E-state index in [0.29, 0.717) is 10.6 Å². The van der Waals surface area contributed by atoms with E-state index < -0.39 is 11.8 Å². The van der Waals surface area contributed by atoms with Crippen LogP contribution < -0.4 is 0 Å². The van der Waals surface area contributed by atoms with Gasteiger partial charge < -0.3 is 4.74 Å². The second-order valence-corrected chi connectivity index (χ2v) is 4.42. The van der Waals surface area contributed by atoms with Gasteiger partial charge >= 0.3 is 5.97 Å². The molecule has 3 nitrogen and oxygen atoms in total. The second-order valence-electron chi connectivity index (χ2n) is 3.15. The summed E-state index contributed by atoms with van der Waals surface area (Å²) in [4.78, 5) is 15.3. The number of hydrogen-bond donors (Lipinski definition) is 0. The molecule has 0 aliphatic carbocycles. The predicted molar refractivity (Wildman–Crippen MR) is 63.9 cm³/mol. The molecule has 6 heteroatoms. The van der Waals surface area contributed by atoms with Gasteiger partial charge in [-0.2, -0.15) is 0 Å². The highest BCUT2D eigenvalue weighted by Crippen LogP contribution is 2.30. The summed E-state index contributed by atoms with van der Waals surface area (Å²) in [5, 5.41) is 2.38. The van der Waals surface area contributed by atoms with E-state index in [9.17, 15) is 9.18 Å². The third-order valence-corrected chi connectivity index (χ3v) is 3.25. The van der Waals surface area contributed by atoms with Crippen molar-refractivity contribution in [2.75, 3.05) is 7.11 Å². The summed E-state index contributed by atoms with van der Waals surface area (Å²) in [5.41, 5.74) is 0.807. The fourth-order valence-electron chi connectivity index (χ4n) is 1.26. The van der Waals surface area contributed by atoms with Crippen molar-refractivity contribution in [1.29, 1.82) is 0 Å². The molecule has 0 fully saturated rings. The zero-order chi connectivity index (χ0) is 12.4. The number of rotatable bonds is 2. The molecule has 2 aromatic rings. The van der Waals surface area contributed by atoms with E-state index in [-0.39, 0.29) is 10.7 Å². The first-order valence-corrected chi connectivity index (χ1v) is 5.87. The Morgan fingerprint density at radius 2 is 2.29 bits per heavy atom. The van der Waals surface area contributed by atoms with Gasteiger partial charge in [-0.05, 0) is 18.2 Å². The fraction of sp³-hybridized carbons (Fsp3) is 0.0909. The largest absolute Gasteiger partial charge is 0.464 e. The standard InChI is InChI=1S/C11H7ClFNO2S/c1-16-11(15)9-5-17-10(14-9)7-3-2-6(13)4-8(7)12/h2-5H,1H3. The lowest BCUT2D eigenvalue weighted by Gasteiger charge is -1.99. The second kappa shape index (κ2) is 4.81. The van der Waals surface area contributed by atoms with Crippen LogP contribution in [0.3, 0.4) is 0 Å². The Balaban J connectivity index is 2.40. The summed E-state index contributed by atoms with van der Waals surface area (Å²) < 4.78 is 17.4. The molecule has 2 rings (SSSR count). The van der Waals surface area contributed by atoms with Gasteiger partial charge in [0, 0.05) is 10.9 Å². The maximum Gasteiger partial charge on any atom is 0.357 e. The average Bonchev–Trinajstić information content (AvgIpc) is 2.77. The molecule has 0 saturated heterocycles. The number of carbonyl (C=O) groups excluding carboxylic acids is 1. The number of halogens is 2. The SMILES string of the molecule is COC(=O)c1csc(-c2ccc(F)cc2Cl)n1. The molecule has 0 amide bonds. The van der Waals surface area contributed by atoms with Crippen molar-refractivity contribution < 1.29 is 13.9 Å². The van der Waals surface area contributed by atoms with Crippen molar-refractivity contribution in [1.82, 2.24) is 4.98 Å². The molecular formula is C11H7ClFNO2S. The maximum absolute atomic E-state index is 12.9. The number of methoxy groups -OCH3 is 1. The van der Waals surface area contributed by atoms with Crippen molar-refractivity contribution in [2.24, 2.45) is 0 Å². The predicted octanol–water partition coefficient (Wildman–Crippen LogP) is 3.39. The van der Waals surface area contributed by atoms with Gasteiger partial charge in [0.25, 0.3) is 0 Å². The van der Waals surface area contributed by atoms with Gasteiger partial charge in [-0.3, -0.25) is 0 Å². The zero-order valence-corrected chi connectivity index (χ0v) is 10.3. The minimum atomic E-state index is -0.509. The van der Waals surface area contributed by atoms with Gasteiger partial charge in [-0.1, -0.05) is 11.6 Å². The van der Waals surface area contributed by atoms with Gasteiger partial charge in [0.15, 0.2) is 5.69 Å². The molecule has 1 aromatic heterocycles. The number of nitrogens with zero attached hydrogens (tertiary/aromatic N) is 1. The number of thiazole rings is 1. The fourth-order valence-corrected chi connectivity index (χ4v) is 2.40. The van der Waals surface area contributed by atoms with E-state index in [0.717, 1.165) is 0 Å². The molecule has 88 valence electrons. The van der Waals surface area contributed by atoms with Crippen LogP contribution in [0.4, 0.5) is 4.39 Å². The highest BCUT2D eigenvalue weighted by Gasteiger charge is 2.13. The van der Waals surface area contributed by atoms with E-state index in [1.54, 1.807) is 5.38 Å². The monoisotopic (exact) mass is 271 g/mol. The number of benzene rings is 1. The first-order chi connectivity index (χ1) is 8.11. The third kappa shape index (κ3) is 2.45. The van der Waals surface area contributed by atoms with E-state index >= 15 is 0 Å². The molecule has 0 unspecified atom stereocenters. The number of carbonyl (C=O) groups is 1. The zero-order valence-electron chi connectivity index (χ0n) is 8.74. The highest BCUT2D eigenvalue weighted by molar-refractivity contribution is 7.13. The number of hydrogen-bond acceptors (Lipinski definition) is 4. The molecule has 1 heterocycles. The number of ether oxygens (including phenoxy) is 1. The lowest BCUT2D eigenvalue weighted by Crippen LogP contribution is -2.00. The molecule has 0 saturated carbocycles. The van der Waals surface area contributed by atoms with Crippen molar-refractivity contribution in [3.8, 4) is 10.6 Å². The molecule has 17 heavy (non-hydrogen) atoms. The van der Waals surface area contributed by atoms with E-state index in [4.69, 9.17) is 11.6 Å². The van der Waals surface area contributed by atoms with Crippen LogP contribution in [0.25, 0.3) is 10.6 Å². The van der Waals surface area contributed by atoms with Crippen LogP contribution >= 0.6 is 22.9 Å². The molecular weight excluding hydrogens is 265 g/mol. The quantitative estimate of drug-likeness (QED) is 0.786. The smallest absolute Gasteiger partial charge is 0.357 e. The summed E-state index contributed by atoms with van der Waals surface area (Å²) in [5.74, 6) is -0.922. The van der Waals surface area contributed by atoms with Gasteiger partial charge in [0.2, 0.25) is 0 Å². The van der Waals surface area contributed by atoms with Crippen LogP contribution in [0.1, 0.15) is 10.5 Å². The Hall–Kier alpha value is -1.46. The summed E-state index contributed by atoms with van der Waals surface area (Å²) in [7, 11) is 1.28. The summed E-state index contributed by atoms with van der Waals surface area (Å²) in [6, 6.07) is 4.02. The van der Waals surface area contributed by atoms with E-state index in [2.05, 4.69) is 9.72 Å². The molecule has 0 N–H and O–H groups in total. The Labute approximate surface area is 106 Å². The van der Waals surface area contributed by atoms with Crippen molar-refractivity contribution in [2.45, 2.75) is 0 Å². The molecule has 0 bridgehead atoms. The molecule has 0 radical (unpaired) electrons. The molecule has 0 spiro atoms. The van der Waals surface area contributed by atoms with Crippen LogP contribution in [0, 0.1) is 5.82 Å². The Kier molecular flexibility index (Phi) is 3.40. The van der Waals surface area contributed by atoms with Gasteiger partial charge in [0.05, 0.1) is 12.1 Å². The molecule has 0 aliphatic rings. The first-order valence-electron chi connectivity index (χ1n) is 4.61. The normalized spacial score (nSPS) is 10.3. The van der Waals surface area contributed by atoms with Crippen molar-refractivity contribution in [3.05, 3.63) is 40.1 Å². The molecule has 0 atom stereocenters. The van der Waals surface area contributed by atoms with Gasteiger partial charge in [0.1, 0.15) is 10.8 Å². The van der Waals surface area contributed by atoms with Crippen LogP contribution in [-0.2, 0) is 4.74 Å². The van der Waals surface area contributed by atoms with Gasteiger partial charge in [-0.15, -0.1) is 11.3 Å². The summed E-state index contributed by atoms with van der Waals surface area (Å²) in [6.07, 6.45) is 0. The Bertz CT molecular complexity index is 570. The lowest BCUT2D eigenvalue weighted by molar-refractivity contribution is 0.0595. The lowest BCUT2D eigenvalue weighted by atomic mass is 10.2. The van der Waals surface area contributed by atoms with Gasteiger partial charge in [-0.25, -0.2) is 14.2 Å². The minimum Gasteiger partial charge on any atom is -0.464 e. The maximum atomic E-state index is 12.9.